The highest BCUT2D eigenvalue weighted by Gasteiger charge is 2.52. The smallest absolute Gasteiger partial charge is 0.416 e. The molecule has 1 aliphatic carbocycles. The van der Waals surface area contributed by atoms with Crippen LogP contribution in [0.15, 0.2) is 41.2 Å². The van der Waals surface area contributed by atoms with Gasteiger partial charge in [-0.05, 0) is 75.1 Å². The minimum Gasteiger partial charge on any atom is -0.444 e. The van der Waals surface area contributed by atoms with E-state index in [0.717, 1.165) is 25.0 Å². The van der Waals surface area contributed by atoms with Crippen LogP contribution in [0, 0.1) is 17.2 Å². The van der Waals surface area contributed by atoms with Crippen LogP contribution in [0.4, 0.5) is 18.0 Å². The molecule has 2 bridgehead atoms. The van der Waals surface area contributed by atoms with Crippen LogP contribution < -0.4 is 10.9 Å². The maximum Gasteiger partial charge on any atom is 0.416 e. The van der Waals surface area contributed by atoms with Crippen LogP contribution in [0.3, 0.4) is 0 Å². The van der Waals surface area contributed by atoms with Gasteiger partial charge < -0.3 is 15.0 Å². The molecule has 2 N–H and O–H groups in total. The minimum atomic E-state index is -4.54. The summed E-state index contributed by atoms with van der Waals surface area (Å²) in [6, 6.07) is 8.42. The molecule has 5 rings (SSSR count). The number of hydrogen-bond donors (Lipinski definition) is 2. The molecule has 210 valence electrons. The fraction of sp³-hybridized carbons (Fsp3) is 0.448. The zero-order valence-corrected chi connectivity index (χ0v) is 22.3. The van der Waals surface area contributed by atoms with Gasteiger partial charge in [0.1, 0.15) is 17.7 Å². The zero-order valence-electron chi connectivity index (χ0n) is 22.3. The van der Waals surface area contributed by atoms with E-state index in [9.17, 15) is 32.8 Å². The van der Waals surface area contributed by atoms with Crippen LogP contribution in [-0.2, 0) is 22.1 Å². The van der Waals surface area contributed by atoms with Crippen molar-refractivity contribution >= 4 is 33.7 Å². The van der Waals surface area contributed by atoms with Gasteiger partial charge in [-0.25, -0.2) is 4.79 Å². The monoisotopic (exact) mass is 554 g/mol. The predicted octanol–water partition coefficient (Wildman–Crippen LogP) is 5.04. The van der Waals surface area contributed by atoms with Crippen LogP contribution in [0.1, 0.15) is 51.2 Å². The summed E-state index contributed by atoms with van der Waals surface area (Å²) in [6.07, 6.45) is -2.67. The molecule has 1 saturated heterocycles. The first-order valence-electron chi connectivity index (χ1n) is 13.1. The summed E-state index contributed by atoms with van der Waals surface area (Å²) in [5.74, 6) is -0.433. The van der Waals surface area contributed by atoms with Crippen LogP contribution >= 0.6 is 0 Å². The number of carbonyl (C=O) groups is 2. The number of nitriles is 1. The number of amides is 2. The van der Waals surface area contributed by atoms with Gasteiger partial charge in [-0.3, -0.25) is 14.5 Å². The number of aromatic nitrogens is 1. The van der Waals surface area contributed by atoms with Gasteiger partial charge in [-0.1, -0.05) is 18.2 Å². The third-order valence-corrected chi connectivity index (χ3v) is 7.58. The number of H-pyrrole nitrogens is 1. The number of likely N-dealkylation sites (tertiary alicyclic amines) is 1. The van der Waals surface area contributed by atoms with Crippen molar-refractivity contribution in [3.63, 3.8) is 0 Å². The molecule has 0 spiro atoms. The molecule has 1 aliphatic heterocycles. The molecule has 8 nitrogen and oxygen atoms in total. The molecule has 2 amide bonds. The molecule has 11 heteroatoms. The van der Waals surface area contributed by atoms with Gasteiger partial charge in [-0.15, -0.1) is 0 Å². The van der Waals surface area contributed by atoms with Crippen molar-refractivity contribution in [2.75, 3.05) is 0 Å². The third kappa shape index (κ3) is 5.22. The molecule has 2 fully saturated rings. The van der Waals surface area contributed by atoms with Crippen LogP contribution in [0.5, 0.6) is 0 Å². The van der Waals surface area contributed by atoms with Gasteiger partial charge in [0, 0.05) is 28.8 Å². The zero-order chi connectivity index (χ0) is 29.0. The first-order valence-corrected chi connectivity index (χ1v) is 13.1. The Bertz CT molecular complexity index is 1600. The second kappa shape index (κ2) is 9.84. The number of hydrogen-bond acceptors (Lipinski definition) is 5. The van der Waals surface area contributed by atoms with Crippen molar-refractivity contribution in [1.82, 2.24) is 15.2 Å². The van der Waals surface area contributed by atoms with E-state index in [1.54, 1.807) is 39.0 Å². The molecule has 1 aromatic heterocycles. The molecule has 0 radical (unpaired) electrons. The van der Waals surface area contributed by atoms with E-state index in [0.29, 0.717) is 22.8 Å². The number of fused-ring (bicyclic) bond motifs is 5. The molecule has 2 heterocycles. The van der Waals surface area contributed by atoms with Gasteiger partial charge in [0.2, 0.25) is 5.91 Å². The van der Waals surface area contributed by atoms with Crippen molar-refractivity contribution < 1.29 is 27.5 Å². The molecule has 4 atom stereocenters. The largest absolute Gasteiger partial charge is 0.444 e. The summed E-state index contributed by atoms with van der Waals surface area (Å²) in [5.41, 5.74) is -1.47. The number of carbonyl (C=O) groups excluding carboxylic acids is 2. The average Bonchev–Trinajstić information content (AvgIpc) is 3.49. The van der Waals surface area contributed by atoms with E-state index in [1.807, 2.05) is 0 Å². The molecular weight excluding hydrogens is 525 g/mol. The number of benzene rings is 2. The molecule has 4 unspecified atom stereocenters. The standard InChI is InChI=1S/C29H29F3N4O4/c1-28(2,3)40-27(39)36-19-7-5-16(12-19)24(36)26(38)34-18(14-33)10-15-4-8-20-21-9-6-17(29(30,31)32)13-23(21)35-25(37)22(20)11-15/h4,6,8-9,11,13,16,18-19,24H,5,7,10,12H2,1-3H3,(H,34,38)(H,35,37). The number of pyridine rings is 1. The molecule has 1 saturated carbocycles. The first-order chi connectivity index (χ1) is 18.7. The minimum absolute atomic E-state index is 0.0118. The summed E-state index contributed by atoms with van der Waals surface area (Å²) in [4.78, 5) is 43.0. The highest BCUT2D eigenvalue weighted by molar-refractivity contribution is 6.05. The summed E-state index contributed by atoms with van der Waals surface area (Å²) < 4.78 is 44.9. The van der Waals surface area contributed by atoms with E-state index < -0.39 is 47.0 Å². The Balaban J connectivity index is 1.36. The Labute approximate surface area is 228 Å². The maximum atomic E-state index is 13.3. The second-order valence-corrected chi connectivity index (χ2v) is 11.5. The molecule has 2 aromatic carbocycles. The fourth-order valence-electron chi connectivity index (χ4n) is 5.91. The Morgan fingerprint density at radius 3 is 2.52 bits per heavy atom. The number of nitrogens with zero attached hydrogens (tertiary/aromatic N) is 2. The lowest BCUT2D eigenvalue weighted by molar-refractivity contribution is -0.137. The number of ether oxygens (including phenoxy) is 1. The van der Waals surface area contributed by atoms with Crippen molar-refractivity contribution in [1.29, 1.82) is 5.26 Å². The lowest BCUT2D eigenvalue weighted by Crippen LogP contribution is -2.55. The number of aromatic amines is 1. The third-order valence-electron chi connectivity index (χ3n) is 7.58. The van der Waals surface area contributed by atoms with Crippen LogP contribution in [-0.4, -0.2) is 45.6 Å². The van der Waals surface area contributed by atoms with Gasteiger partial charge in [0.15, 0.2) is 0 Å². The van der Waals surface area contributed by atoms with Gasteiger partial charge in [-0.2, -0.15) is 18.4 Å². The predicted molar refractivity (Wildman–Crippen MR) is 141 cm³/mol. The summed E-state index contributed by atoms with van der Waals surface area (Å²) in [7, 11) is 0. The van der Waals surface area contributed by atoms with Gasteiger partial charge in [0.05, 0.1) is 11.6 Å². The van der Waals surface area contributed by atoms with Crippen molar-refractivity contribution in [2.45, 2.75) is 76.4 Å². The highest BCUT2D eigenvalue weighted by atomic mass is 19.4. The quantitative estimate of drug-likeness (QED) is 0.439. The average molecular weight is 555 g/mol. The number of rotatable bonds is 4. The Kier molecular flexibility index (Phi) is 6.76. The molecule has 2 aliphatic rings. The SMILES string of the molecule is CC(C)(C)OC(=O)N1C2CCC(C2)C1C(=O)NC(C#N)Cc1ccc2c(c1)c(=O)[nH]c1cc(C(F)(F)F)ccc12. The number of halogens is 3. The highest BCUT2D eigenvalue weighted by Crippen LogP contribution is 2.43. The number of nitrogens with one attached hydrogen (secondary N) is 2. The molecule has 3 aromatic rings. The van der Waals surface area contributed by atoms with E-state index >= 15 is 0 Å². The maximum absolute atomic E-state index is 13.3. The Morgan fingerprint density at radius 1 is 1.12 bits per heavy atom. The lowest BCUT2D eigenvalue weighted by Gasteiger charge is -2.35. The number of alkyl halides is 3. The van der Waals surface area contributed by atoms with E-state index in [-0.39, 0.29) is 29.3 Å². The normalized spacial score (nSPS) is 21.4. The van der Waals surface area contributed by atoms with E-state index in [1.165, 1.54) is 11.0 Å². The molecular formula is C29H29F3N4O4. The fourth-order valence-corrected chi connectivity index (χ4v) is 5.91. The van der Waals surface area contributed by atoms with Crippen molar-refractivity contribution in [3.05, 3.63) is 57.9 Å². The summed E-state index contributed by atoms with van der Waals surface area (Å²) in [5, 5.41) is 13.8. The summed E-state index contributed by atoms with van der Waals surface area (Å²) in [6.45, 7) is 5.28. The lowest BCUT2D eigenvalue weighted by atomic mass is 9.96. The summed E-state index contributed by atoms with van der Waals surface area (Å²) >= 11 is 0. The van der Waals surface area contributed by atoms with Gasteiger partial charge in [0.25, 0.3) is 5.56 Å². The van der Waals surface area contributed by atoms with Crippen molar-refractivity contribution in [2.24, 2.45) is 5.92 Å². The van der Waals surface area contributed by atoms with Crippen molar-refractivity contribution in [3.8, 4) is 6.07 Å². The van der Waals surface area contributed by atoms with Gasteiger partial charge >= 0.3 is 12.3 Å². The van der Waals surface area contributed by atoms with Crippen LogP contribution in [0.2, 0.25) is 0 Å². The Hall–Kier alpha value is -4.07. The van der Waals surface area contributed by atoms with E-state index in [2.05, 4.69) is 16.4 Å². The Morgan fingerprint density at radius 2 is 1.85 bits per heavy atom. The second-order valence-electron chi connectivity index (χ2n) is 11.5. The topological polar surface area (TPSA) is 115 Å². The van der Waals surface area contributed by atoms with Crippen LogP contribution in [0.25, 0.3) is 21.7 Å². The number of piperidine rings is 1. The van der Waals surface area contributed by atoms with E-state index in [4.69, 9.17) is 4.74 Å². The first kappa shape index (κ1) is 27.5. The molecule has 40 heavy (non-hydrogen) atoms.